The topological polar surface area (TPSA) is 24.8 Å². The number of halogens is 3. The third kappa shape index (κ3) is 4.87. The van der Waals surface area contributed by atoms with Crippen LogP contribution in [0, 0.1) is 0 Å². The predicted octanol–water partition coefficient (Wildman–Crippen LogP) is 3.50. The number of amidine groups is 1. The van der Waals surface area contributed by atoms with Gasteiger partial charge in [-0.1, -0.05) is 11.8 Å². The van der Waals surface area contributed by atoms with Gasteiger partial charge < -0.3 is 9.64 Å². The minimum atomic E-state index is -4.67. The minimum Gasteiger partial charge on any atom is -0.406 e. The van der Waals surface area contributed by atoms with Crippen molar-refractivity contribution in [1.82, 2.24) is 4.90 Å². The van der Waals surface area contributed by atoms with Crippen molar-refractivity contribution in [2.75, 3.05) is 20.4 Å². The van der Waals surface area contributed by atoms with E-state index in [0.717, 1.165) is 5.17 Å². The maximum atomic E-state index is 12.0. The molecule has 0 amide bonds. The highest BCUT2D eigenvalue weighted by Crippen LogP contribution is 2.25. The SMILES string of the molecule is CS/C(=N/c1ccc(OC(F)(F)F)cc1)N(C)C. The number of hydrogen-bond acceptors (Lipinski definition) is 3. The van der Waals surface area contributed by atoms with Crippen LogP contribution in [-0.4, -0.2) is 36.8 Å². The van der Waals surface area contributed by atoms with E-state index < -0.39 is 6.36 Å². The van der Waals surface area contributed by atoms with E-state index >= 15 is 0 Å². The summed E-state index contributed by atoms with van der Waals surface area (Å²) in [5, 5.41) is 0.763. The Kier molecular flexibility index (Phi) is 4.89. The molecule has 0 aromatic heterocycles. The van der Waals surface area contributed by atoms with Crippen LogP contribution in [0.5, 0.6) is 5.75 Å². The second kappa shape index (κ2) is 5.99. The van der Waals surface area contributed by atoms with E-state index in [9.17, 15) is 13.2 Å². The normalized spacial score (nSPS) is 12.4. The summed E-state index contributed by atoms with van der Waals surface area (Å²) in [4.78, 5) is 6.11. The van der Waals surface area contributed by atoms with Crippen molar-refractivity contribution in [3.63, 3.8) is 0 Å². The summed E-state index contributed by atoms with van der Waals surface area (Å²) >= 11 is 1.45. The molecule has 1 aromatic rings. The fourth-order valence-electron chi connectivity index (χ4n) is 1.16. The van der Waals surface area contributed by atoms with Gasteiger partial charge in [-0.25, -0.2) is 4.99 Å². The number of rotatable bonds is 2. The number of hydrogen-bond donors (Lipinski definition) is 0. The van der Waals surface area contributed by atoms with Crippen molar-refractivity contribution in [1.29, 1.82) is 0 Å². The molecule has 0 spiro atoms. The summed E-state index contributed by atoms with van der Waals surface area (Å²) in [7, 11) is 3.69. The van der Waals surface area contributed by atoms with E-state index in [2.05, 4.69) is 9.73 Å². The third-order valence-electron chi connectivity index (χ3n) is 1.86. The van der Waals surface area contributed by atoms with E-state index in [1.165, 1.54) is 36.0 Å². The molecule has 3 nitrogen and oxygen atoms in total. The summed E-state index contributed by atoms with van der Waals surface area (Å²) in [6.45, 7) is 0. The zero-order valence-corrected chi connectivity index (χ0v) is 11.0. The lowest BCUT2D eigenvalue weighted by Crippen LogP contribution is -2.18. The highest BCUT2D eigenvalue weighted by molar-refractivity contribution is 8.13. The quantitative estimate of drug-likeness (QED) is 0.611. The van der Waals surface area contributed by atoms with E-state index in [1.54, 1.807) is 0 Å². The molecule has 0 bridgehead atoms. The van der Waals surface area contributed by atoms with Crippen molar-refractivity contribution in [2.45, 2.75) is 6.36 Å². The fourth-order valence-corrected chi connectivity index (χ4v) is 1.72. The van der Waals surface area contributed by atoms with Gasteiger partial charge >= 0.3 is 6.36 Å². The van der Waals surface area contributed by atoms with Gasteiger partial charge in [-0.3, -0.25) is 0 Å². The van der Waals surface area contributed by atoms with E-state index in [1.807, 2.05) is 25.3 Å². The van der Waals surface area contributed by atoms with Crippen LogP contribution in [0.25, 0.3) is 0 Å². The largest absolute Gasteiger partial charge is 0.573 e. The van der Waals surface area contributed by atoms with Gasteiger partial charge in [0.15, 0.2) is 5.17 Å². The van der Waals surface area contributed by atoms with Gasteiger partial charge in [-0.05, 0) is 30.5 Å². The molecule has 1 rings (SSSR count). The van der Waals surface area contributed by atoms with Gasteiger partial charge in [-0.15, -0.1) is 13.2 Å². The summed E-state index contributed by atoms with van der Waals surface area (Å²) in [5.41, 5.74) is 0.572. The lowest BCUT2D eigenvalue weighted by molar-refractivity contribution is -0.274. The molecule has 7 heteroatoms. The number of thioether (sulfide) groups is 1. The summed E-state index contributed by atoms with van der Waals surface area (Å²) in [5.74, 6) is -0.253. The zero-order valence-electron chi connectivity index (χ0n) is 10.2. The van der Waals surface area contributed by atoms with Crippen LogP contribution in [0.15, 0.2) is 29.3 Å². The van der Waals surface area contributed by atoms with Gasteiger partial charge in [0, 0.05) is 14.1 Å². The molecule has 0 atom stereocenters. The second-order valence-corrected chi connectivity index (χ2v) is 4.31. The van der Waals surface area contributed by atoms with Crippen molar-refractivity contribution >= 4 is 22.6 Å². The van der Waals surface area contributed by atoms with Crippen molar-refractivity contribution in [3.8, 4) is 5.75 Å². The molecule has 1 aromatic carbocycles. The molecule has 0 radical (unpaired) electrons. The average molecular weight is 278 g/mol. The molecule has 0 saturated heterocycles. The Hall–Kier alpha value is -1.37. The Morgan fingerprint density at radius 2 is 1.78 bits per heavy atom. The van der Waals surface area contributed by atoms with Crippen molar-refractivity contribution in [3.05, 3.63) is 24.3 Å². The highest BCUT2D eigenvalue weighted by atomic mass is 32.2. The van der Waals surface area contributed by atoms with E-state index in [4.69, 9.17) is 0 Å². The first-order chi connectivity index (χ1) is 8.31. The van der Waals surface area contributed by atoms with Crippen LogP contribution in [0.3, 0.4) is 0 Å². The molecule has 0 heterocycles. The highest BCUT2D eigenvalue weighted by Gasteiger charge is 2.30. The lowest BCUT2D eigenvalue weighted by Gasteiger charge is -2.13. The maximum Gasteiger partial charge on any atom is 0.573 e. The van der Waals surface area contributed by atoms with Crippen LogP contribution < -0.4 is 4.74 Å². The number of alkyl halides is 3. The lowest BCUT2D eigenvalue weighted by atomic mass is 10.3. The van der Waals surface area contributed by atoms with Gasteiger partial charge in [-0.2, -0.15) is 0 Å². The number of ether oxygens (including phenoxy) is 1. The summed E-state index contributed by atoms with van der Waals surface area (Å²) in [6, 6.07) is 5.42. The Morgan fingerprint density at radius 3 is 2.17 bits per heavy atom. The molecular weight excluding hydrogens is 265 g/mol. The van der Waals surface area contributed by atoms with Crippen LogP contribution in [-0.2, 0) is 0 Å². The monoisotopic (exact) mass is 278 g/mol. The molecule has 0 fully saturated rings. The van der Waals surface area contributed by atoms with Crippen LogP contribution in [0.2, 0.25) is 0 Å². The first-order valence-corrected chi connectivity index (χ1v) is 6.20. The van der Waals surface area contributed by atoms with Gasteiger partial charge in [0.05, 0.1) is 5.69 Å². The summed E-state index contributed by atoms with van der Waals surface area (Å²) in [6.07, 6.45) is -2.79. The van der Waals surface area contributed by atoms with Crippen molar-refractivity contribution < 1.29 is 17.9 Å². The standard InChI is InChI=1S/C11H13F3N2OS/c1-16(2)10(18-3)15-8-4-6-9(7-5-8)17-11(12,13)14/h4-7H,1-3H3/b15-10+. The van der Waals surface area contributed by atoms with Gasteiger partial charge in [0.25, 0.3) is 0 Å². The molecule has 0 aliphatic heterocycles. The Balaban J connectivity index is 2.83. The van der Waals surface area contributed by atoms with Gasteiger partial charge in [0.2, 0.25) is 0 Å². The Morgan fingerprint density at radius 1 is 1.22 bits per heavy atom. The fraction of sp³-hybridized carbons (Fsp3) is 0.364. The van der Waals surface area contributed by atoms with E-state index in [-0.39, 0.29) is 5.75 Å². The maximum absolute atomic E-state index is 12.0. The molecule has 100 valence electrons. The second-order valence-electron chi connectivity index (χ2n) is 3.53. The first kappa shape index (κ1) is 14.7. The summed E-state index contributed by atoms with van der Waals surface area (Å²) < 4.78 is 39.6. The Labute approximate surface area is 108 Å². The average Bonchev–Trinajstić information content (AvgIpc) is 2.25. The molecule has 0 unspecified atom stereocenters. The predicted molar refractivity (Wildman–Crippen MR) is 67.4 cm³/mol. The molecule has 0 aliphatic carbocycles. The smallest absolute Gasteiger partial charge is 0.406 e. The third-order valence-corrected chi connectivity index (χ3v) is 2.68. The first-order valence-electron chi connectivity index (χ1n) is 4.97. The molecule has 0 N–H and O–H groups in total. The van der Waals surface area contributed by atoms with E-state index in [0.29, 0.717) is 5.69 Å². The van der Waals surface area contributed by atoms with Crippen LogP contribution >= 0.6 is 11.8 Å². The van der Waals surface area contributed by atoms with Gasteiger partial charge in [0.1, 0.15) is 5.75 Å². The van der Waals surface area contributed by atoms with Crippen LogP contribution in [0.1, 0.15) is 0 Å². The van der Waals surface area contributed by atoms with Crippen LogP contribution in [0.4, 0.5) is 18.9 Å². The molecular formula is C11H13F3N2OS. The number of nitrogens with zero attached hydrogens (tertiary/aromatic N) is 2. The number of benzene rings is 1. The zero-order chi connectivity index (χ0) is 13.8. The number of aliphatic imine (C=N–C) groups is 1. The Bertz CT molecular complexity index is 415. The van der Waals surface area contributed by atoms with Crippen molar-refractivity contribution in [2.24, 2.45) is 4.99 Å². The molecule has 0 saturated carbocycles. The minimum absolute atomic E-state index is 0.253. The molecule has 0 aliphatic rings. The molecule has 18 heavy (non-hydrogen) atoms.